The van der Waals surface area contributed by atoms with E-state index in [1.165, 1.54) is 10.9 Å². The Kier molecular flexibility index (Phi) is 8.83. The van der Waals surface area contributed by atoms with E-state index in [2.05, 4.69) is 21.6 Å². The van der Waals surface area contributed by atoms with Gasteiger partial charge in [-0.15, -0.1) is 5.10 Å². The lowest BCUT2D eigenvalue weighted by molar-refractivity contribution is 0.0286. The molecule has 0 unspecified atom stereocenters. The van der Waals surface area contributed by atoms with Crippen molar-refractivity contribution in [2.24, 2.45) is 4.99 Å². The number of aromatic nitrogens is 2. The van der Waals surface area contributed by atoms with E-state index in [-0.39, 0.29) is 23.6 Å². The average Bonchev–Trinajstić information content (AvgIpc) is 2.83. The summed E-state index contributed by atoms with van der Waals surface area (Å²) in [4.78, 5) is 8.27. The van der Waals surface area contributed by atoms with E-state index in [0.29, 0.717) is 23.7 Å². The number of hydrogen-bond acceptors (Lipinski definition) is 8. The van der Waals surface area contributed by atoms with E-state index in [1.54, 1.807) is 18.2 Å². The van der Waals surface area contributed by atoms with Crippen LogP contribution in [-0.4, -0.2) is 86.1 Å². The molecule has 0 spiro atoms. The Morgan fingerprint density at radius 2 is 2.00 bits per heavy atom. The Labute approximate surface area is 199 Å². The molecule has 1 fully saturated rings. The highest BCUT2D eigenvalue weighted by molar-refractivity contribution is 6.02. The molecule has 1 saturated heterocycles. The third-order valence-corrected chi connectivity index (χ3v) is 5.24. The van der Waals surface area contributed by atoms with Gasteiger partial charge in [-0.05, 0) is 23.8 Å². The second-order valence-electron chi connectivity index (χ2n) is 8.08. The van der Waals surface area contributed by atoms with Gasteiger partial charge in [-0.25, -0.2) is 4.99 Å². The molecule has 1 aromatic carbocycles. The van der Waals surface area contributed by atoms with Crippen molar-refractivity contribution in [3.8, 4) is 0 Å². The fourth-order valence-electron chi connectivity index (χ4n) is 3.33. The first-order valence-electron chi connectivity index (χ1n) is 11.1. The highest BCUT2D eigenvalue weighted by Crippen LogP contribution is 2.09. The summed E-state index contributed by atoms with van der Waals surface area (Å²) in [6.45, 7) is 8.46. The molecule has 0 radical (unpaired) electrons. The Morgan fingerprint density at radius 1 is 1.24 bits per heavy atom. The highest BCUT2D eigenvalue weighted by Gasteiger charge is 2.10. The number of amidine groups is 1. The number of nitrogens with one attached hydrogen (secondary N) is 3. The molecule has 10 heteroatoms. The van der Waals surface area contributed by atoms with Gasteiger partial charge in [0.2, 0.25) is 0 Å². The lowest BCUT2D eigenvalue weighted by Crippen LogP contribution is -2.38. The van der Waals surface area contributed by atoms with Crippen molar-refractivity contribution in [1.82, 2.24) is 14.7 Å². The third-order valence-electron chi connectivity index (χ3n) is 5.24. The Hall–Kier alpha value is -3.63. The van der Waals surface area contributed by atoms with Gasteiger partial charge in [-0.1, -0.05) is 24.8 Å². The largest absolute Gasteiger partial charge is 0.491 e. The molecular weight excluding hydrogens is 432 g/mol. The van der Waals surface area contributed by atoms with Gasteiger partial charge in [0.05, 0.1) is 19.4 Å². The van der Waals surface area contributed by atoms with E-state index in [1.807, 2.05) is 37.2 Å². The van der Waals surface area contributed by atoms with E-state index in [4.69, 9.17) is 25.7 Å². The molecular formula is C24H32N8O2. The maximum atomic E-state index is 8.44. The molecule has 0 atom stereocenters. The average molecular weight is 465 g/mol. The Balaban J connectivity index is 1.56. The molecule has 1 aromatic heterocycles. The Bertz CT molecular complexity index is 1120. The zero-order valence-electron chi connectivity index (χ0n) is 19.8. The van der Waals surface area contributed by atoms with E-state index in [0.717, 1.165) is 38.4 Å². The van der Waals surface area contributed by atoms with Gasteiger partial charge in [-0.2, -0.15) is 4.68 Å². The number of rotatable bonds is 9. The minimum atomic E-state index is 0.0767. The van der Waals surface area contributed by atoms with Gasteiger partial charge < -0.3 is 14.4 Å². The number of aliphatic imine (C=N–C) groups is 1. The normalized spacial score (nSPS) is 14.2. The van der Waals surface area contributed by atoms with Crippen LogP contribution in [0.1, 0.15) is 11.1 Å². The van der Waals surface area contributed by atoms with Crippen LogP contribution < -0.4 is 10.4 Å². The maximum absolute atomic E-state index is 8.44. The molecule has 10 nitrogen and oxygen atoms in total. The molecule has 0 bridgehead atoms. The molecule has 3 rings (SSSR count). The van der Waals surface area contributed by atoms with Gasteiger partial charge in [0.1, 0.15) is 29.5 Å². The van der Waals surface area contributed by atoms with Crippen LogP contribution in [-0.2, 0) is 15.9 Å². The minimum absolute atomic E-state index is 0.0767. The number of morpholine rings is 1. The zero-order valence-corrected chi connectivity index (χ0v) is 19.8. The summed E-state index contributed by atoms with van der Waals surface area (Å²) in [5.41, 5.74) is 1.58. The number of hydrogen-bond donors (Lipinski definition) is 3. The van der Waals surface area contributed by atoms with Gasteiger partial charge in [-0.3, -0.25) is 21.1 Å². The quantitative estimate of drug-likeness (QED) is 0.296. The predicted molar refractivity (Wildman–Crippen MR) is 133 cm³/mol. The van der Waals surface area contributed by atoms with Gasteiger partial charge >= 0.3 is 0 Å². The van der Waals surface area contributed by atoms with Crippen LogP contribution in [0.3, 0.4) is 0 Å². The lowest BCUT2D eigenvalue weighted by atomic mass is 10.1. The fourth-order valence-corrected chi connectivity index (χ4v) is 3.33. The summed E-state index contributed by atoms with van der Waals surface area (Å²) in [6, 6.07) is 10.7. The summed E-state index contributed by atoms with van der Waals surface area (Å²) in [6.07, 6.45) is 1.72. The summed E-state index contributed by atoms with van der Waals surface area (Å²) in [5.74, 6) is 1.32. The van der Waals surface area contributed by atoms with Crippen LogP contribution in [0.5, 0.6) is 0 Å². The number of ether oxygens (including phenoxy) is 2. The molecule has 0 saturated carbocycles. The topological polar surface area (TPSA) is 127 Å². The standard InChI is InChI=1S/C24H32N8O2/c1-18(34-14-11-31-9-12-33-13-10-31)17-28-24(27)20-6-4-5-19(15-20)16-22(26)32-21(25)7-8-23(29-32)30(2)3/h4-8,15,17,25-27H,1,9-14,16H2,2-3H3. The second-order valence-corrected chi connectivity index (χ2v) is 8.08. The van der Waals surface area contributed by atoms with Crippen LogP contribution in [0.25, 0.3) is 0 Å². The summed E-state index contributed by atoms with van der Waals surface area (Å²) in [7, 11) is 3.72. The molecule has 1 aliphatic heterocycles. The first-order chi connectivity index (χ1) is 16.3. The van der Waals surface area contributed by atoms with Crippen molar-refractivity contribution in [2.75, 3.05) is 58.5 Å². The number of nitrogens with zero attached hydrogens (tertiary/aromatic N) is 5. The van der Waals surface area contributed by atoms with Crippen molar-refractivity contribution >= 4 is 23.7 Å². The van der Waals surface area contributed by atoms with Crippen molar-refractivity contribution < 1.29 is 9.47 Å². The minimum Gasteiger partial charge on any atom is -0.491 e. The van der Waals surface area contributed by atoms with E-state index >= 15 is 0 Å². The molecule has 34 heavy (non-hydrogen) atoms. The number of allylic oxidation sites excluding steroid dienone is 1. The van der Waals surface area contributed by atoms with Gasteiger partial charge in [0, 0.05) is 45.7 Å². The molecule has 180 valence electrons. The van der Waals surface area contributed by atoms with Crippen LogP contribution in [0.2, 0.25) is 0 Å². The number of anilines is 1. The van der Waals surface area contributed by atoms with Crippen LogP contribution in [0.4, 0.5) is 5.82 Å². The Morgan fingerprint density at radius 3 is 2.74 bits per heavy atom. The van der Waals surface area contributed by atoms with Gasteiger partial charge in [0.15, 0.2) is 5.84 Å². The smallest absolute Gasteiger partial charge is 0.151 e. The molecule has 2 aromatic rings. The molecule has 0 aliphatic carbocycles. The third kappa shape index (κ3) is 7.19. The van der Waals surface area contributed by atoms with E-state index < -0.39 is 0 Å². The van der Waals surface area contributed by atoms with Crippen molar-refractivity contribution in [3.05, 3.63) is 65.4 Å². The first-order valence-corrected chi connectivity index (χ1v) is 11.1. The van der Waals surface area contributed by atoms with Crippen LogP contribution in [0, 0.1) is 16.2 Å². The zero-order chi connectivity index (χ0) is 24.5. The second kappa shape index (κ2) is 12.0. The van der Waals surface area contributed by atoms with Crippen LogP contribution in [0.15, 0.2) is 53.7 Å². The maximum Gasteiger partial charge on any atom is 0.151 e. The molecule has 0 amide bonds. The summed E-state index contributed by atoms with van der Waals surface area (Å²) >= 11 is 0. The molecule has 2 heterocycles. The molecule has 1 aliphatic rings. The van der Waals surface area contributed by atoms with Crippen molar-refractivity contribution in [3.63, 3.8) is 0 Å². The lowest BCUT2D eigenvalue weighted by Gasteiger charge is -2.26. The van der Waals surface area contributed by atoms with Gasteiger partial charge in [0.25, 0.3) is 0 Å². The van der Waals surface area contributed by atoms with Crippen molar-refractivity contribution in [2.45, 2.75) is 6.42 Å². The fraction of sp³-hybridized carbons (Fsp3) is 0.375. The SMILES string of the molecule is C=C(C=NC(=N)c1cccc(CC(=N)n2nc(N(C)C)ccc2=N)c1)OCCN1CCOCC1. The molecule has 3 N–H and O–H groups in total. The predicted octanol–water partition coefficient (Wildman–Crippen LogP) is 1.76. The summed E-state index contributed by atoms with van der Waals surface area (Å²) < 4.78 is 12.3. The summed E-state index contributed by atoms with van der Waals surface area (Å²) in [5, 5.41) is 29.2. The van der Waals surface area contributed by atoms with Crippen molar-refractivity contribution in [1.29, 1.82) is 16.2 Å². The highest BCUT2D eigenvalue weighted by atomic mass is 16.5. The van der Waals surface area contributed by atoms with Crippen LogP contribution >= 0.6 is 0 Å². The van der Waals surface area contributed by atoms with E-state index in [9.17, 15) is 0 Å². The first kappa shape index (κ1) is 25.0. The monoisotopic (exact) mass is 464 g/mol. The number of benzene rings is 1.